The topological polar surface area (TPSA) is 66.0 Å². The highest BCUT2D eigenvalue weighted by Gasteiger charge is 2.00. The Balaban J connectivity index is 2.45. The van der Waals surface area contributed by atoms with Crippen molar-refractivity contribution in [1.29, 1.82) is 0 Å². The molecule has 1 aromatic rings. The highest BCUT2D eigenvalue weighted by Crippen LogP contribution is 2.00. The Morgan fingerprint density at radius 1 is 1.82 bits per heavy atom. The van der Waals surface area contributed by atoms with Gasteiger partial charge >= 0.3 is 5.97 Å². The maximum Gasteiger partial charge on any atom is 0.303 e. The van der Waals surface area contributed by atoms with Gasteiger partial charge in [0.2, 0.25) is 0 Å². The van der Waals surface area contributed by atoms with Gasteiger partial charge < -0.3 is 5.11 Å². The van der Waals surface area contributed by atoms with E-state index < -0.39 is 5.97 Å². The molecule has 2 N–H and O–H groups in total. The first-order valence-corrected chi connectivity index (χ1v) is 3.41. The highest BCUT2D eigenvalue weighted by atomic mass is 16.4. The van der Waals surface area contributed by atoms with Crippen LogP contribution in [0.25, 0.3) is 0 Å². The largest absolute Gasteiger partial charge is 0.481 e. The molecule has 1 aromatic heterocycles. The molecule has 0 aliphatic carbocycles. The average molecular weight is 154 g/mol. The Labute approximate surface area is 64.2 Å². The van der Waals surface area contributed by atoms with Gasteiger partial charge in [-0.15, -0.1) is 0 Å². The van der Waals surface area contributed by atoms with E-state index in [-0.39, 0.29) is 6.42 Å². The first-order chi connectivity index (χ1) is 5.18. The van der Waals surface area contributed by atoms with Crippen LogP contribution in [-0.4, -0.2) is 21.3 Å². The summed E-state index contributed by atoms with van der Waals surface area (Å²) in [7, 11) is 0. The molecule has 0 radical (unpaired) electrons. The molecule has 4 heteroatoms. The number of aliphatic carboxylic acids is 1. The molecule has 0 spiro atoms. The van der Waals surface area contributed by atoms with E-state index in [0.717, 1.165) is 11.4 Å². The SMILES string of the molecule is Cc1cc(CCC(=O)O)n[nH]1. The van der Waals surface area contributed by atoms with Gasteiger partial charge in [-0.25, -0.2) is 0 Å². The van der Waals surface area contributed by atoms with Gasteiger partial charge in [-0.05, 0) is 13.0 Å². The summed E-state index contributed by atoms with van der Waals surface area (Å²) in [4.78, 5) is 10.1. The van der Waals surface area contributed by atoms with Crippen LogP contribution in [0.3, 0.4) is 0 Å². The minimum absolute atomic E-state index is 0.143. The van der Waals surface area contributed by atoms with Gasteiger partial charge in [-0.1, -0.05) is 0 Å². The number of carboxylic acids is 1. The van der Waals surface area contributed by atoms with E-state index in [4.69, 9.17) is 5.11 Å². The first-order valence-electron chi connectivity index (χ1n) is 3.41. The molecule has 60 valence electrons. The van der Waals surface area contributed by atoms with Crippen LogP contribution in [0.15, 0.2) is 6.07 Å². The maximum atomic E-state index is 10.1. The Morgan fingerprint density at radius 3 is 3.00 bits per heavy atom. The Kier molecular flexibility index (Phi) is 2.25. The molecule has 1 rings (SSSR count). The van der Waals surface area contributed by atoms with E-state index in [0.29, 0.717) is 6.42 Å². The van der Waals surface area contributed by atoms with Crippen molar-refractivity contribution in [2.45, 2.75) is 19.8 Å². The molecule has 0 fully saturated rings. The third-order valence-electron chi connectivity index (χ3n) is 1.35. The third kappa shape index (κ3) is 2.41. The fourth-order valence-electron chi connectivity index (χ4n) is 0.838. The number of nitrogens with zero attached hydrogens (tertiary/aromatic N) is 1. The summed E-state index contributed by atoms with van der Waals surface area (Å²) in [5.41, 5.74) is 1.77. The van der Waals surface area contributed by atoms with Gasteiger partial charge in [0.1, 0.15) is 0 Å². The smallest absolute Gasteiger partial charge is 0.303 e. The third-order valence-corrected chi connectivity index (χ3v) is 1.35. The monoisotopic (exact) mass is 154 g/mol. The fourth-order valence-corrected chi connectivity index (χ4v) is 0.838. The minimum atomic E-state index is -0.786. The van der Waals surface area contributed by atoms with Crippen molar-refractivity contribution in [3.8, 4) is 0 Å². The van der Waals surface area contributed by atoms with Gasteiger partial charge in [-0.2, -0.15) is 5.10 Å². The standard InChI is InChI=1S/C7H10N2O2/c1-5-4-6(9-8-5)2-3-7(10)11/h4H,2-3H2,1H3,(H,8,9)(H,10,11). The molecular formula is C7H10N2O2. The number of hydrogen-bond acceptors (Lipinski definition) is 2. The van der Waals surface area contributed by atoms with Gasteiger partial charge in [0.15, 0.2) is 0 Å². The molecule has 0 aliphatic rings. The van der Waals surface area contributed by atoms with Crippen molar-refractivity contribution >= 4 is 5.97 Å². The lowest BCUT2D eigenvalue weighted by molar-refractivity contribution is -0.136. The normalized spacial score (nSPS) is 9.91. The molecular weight excluding hydrogens is 144 g/mol. The lowest BCUT2D eigenvalue weighted by Gasteiger charge is -1.88. The molecule has 0 aromatic carbocycles. The average Bonchev–Trinajstić information content (AvgIpc) is 2.31. The van der Waals surface area contributed by atoms with Gasteiger partial charge in [0, 0.05) is 12.1 Å². The van der Waals surface area contributed by atoms with Crippen molar-refractivity contribution < 1.29 is 9.90 Å². The first kappa shape index (κ1) is 7.78. The van der Waals surface area contributed by atoms with Gasteiger partial charge in [0.25, 0.3) is 0 Å². The lowest BCUT2D eigenvalue weighted by atomic mass is 10.2. The zero-order chi connectivity index (χ0) is 8.27. The second-order valence-corrected chi connectivity index (χ2v) is 2.44. The summed E-state index contributed by atoms with van der Waals surface area (Å²) in [6.45, 7) is 1.89. The summed E-state index contributed by atoms with van der Waals surface area (Å²) >= 11 is 0. The number of hydrogen-bond donors (Lipinski definition) is 2. The molecule has 0 bridgehead atoms. The number of aromatic amines is 1. The molecule has 0 saturated heterocycles. The molecule has 0 amide bonds. The number of nitrogens with one attached hydrogen (secondary N) is 1. The summed E-state index contributed by atoms with van der Waals surface area (Å²) in [5, 5.41) is 15.0. The predicted molar refractivity (Wildman–Crippen MR) is 39.3 cm³/mol. The quantitative estimate of drug-likeness (QED) is 0.674. The van der Waals surface area contributed by atoms with Crippen molar-refractivity contribution in [1.82, 2.24) is 10.2 Å². The second kappa shape index (κ2) is 3.18. The van der Waals surface area contributed by atoms with Crippen molar-refractivity contribution in [3.63, 3.8) is 0 Å². The minimum Gasteiger partial charge on any atom is -0.481 e. The Hall–Kier alpha value is -1.32. The Morgan fingerprint density at radius 2 is 2.55 bits per heavy atom. The van der Waals surface area contributed by atoms with Crippen LogP contribution in [0.5, 0.6) is 0 Å². The number of aryl methyl sites for hydroxylation is 2. The summed E-state index contributed by atoms with van der Waals surface area (Å²) in [5.74, 6) is -0.786. The van der Waals surface area contributed by atoms with E-state index in [1.165, 1.54) is 0 Å². The van der Waals surface area contributed by atoms with Crippen LogP contribution in [-0.2, 0) is 11.2 Å². The number of carboxylic acid groups (broad SMARTS) is 1. The fraction of sp³-hybridized carbons (Fsp3) is 0.429. The second-order valence-electron chi connectivity index (χ2n) is 2.44. The maximum absolute atomic E-state index is 10.1. The van der Waals surface area contributed by atoms with Crippen LogP contribution in [0.2, 0.25) is 0 Å². The molecule has 0 atom stereocenters. The van der Waals surface area contributed by atoms with Crippen LogP contribution in [0.1, 0.15) is 17.8 Å². The van der Waals surface area contributed by atoms with Crippen LogP contribution in [0, 0.1) is 6.92 Å². The van der Waals surface area contributed by atoms with E-state index >= 15 is 0 Å². The van der Waals surface area contributed by atoms with Gasteiger partial charge in [0.05, 0.1) is 12.1 Å². The van der Waals surface area contributed by atoms with Crippen LogP contribution >= 0.6 is 0 Å². The zero-order valence-corrected chi connectivity index (χ0v) is 6.29. The molecule has 0 aliphatic heterocycles. The Bertz CT molecular complexity index is 255. The molecule has 11 heavy (non-hydrogen) atoms. The van der Waals surface area contributed by atoms with Crippen LogP contribution < -0.4 is 0 Å². The summed E-state index contributed by atoms with van der Waals surface area (Å²) < 4.78 is 0. The van der Waals surface area contributed by atoms with E-state index in [1.807, 2.05) is 13.0 Å². The zero-order valence-electron chi connectivity index (χ0n) is 6.29. The van der Waals surface area contributed by atoms with E-state index in [2.05, 4.69) is 10.2 Å². The lowest BCUT2D eigenvalue weighted by Crippen LogP contribution is -1.97. The van der Waals surface area contributed by atoms with Crippen molar-refractivity contribution in [3.05, 3.63) is 17.5 Å². The number of H-pyrrole nitrogens is 1. The van der Waals surface area contributed by atoms with Gasteiger partial charge in [-0.3, -0.25) is 9.89 Å². The van der Waals surface area contributed by atoms with E-state index in [1.54, 1.807) is 0 Å². The summed E-state index contributed by atoms with van der Waals surface area (Å²) in [6.07, 6.45) is 0.643. The number of rotatable bonds is 3. The summed E-state index contributed by atoms with van der Waals surface area (Å²) in [6, 6.07) is 1.85. The molecule has 0 saturated carbocycles. The van der Waals surface area contributed by atoms with Crippen molar-refractivity contribution in [2.75, 3.05) is 0 Å². The molecule has 0 unspecified atom stereocenters. The van der Waals surface area contributed by atoms with Crippen LogP contribution in [0.4, 0.5) is 0 Å². The molecule has 1 heterocycles. The number of carbonyl (C=O) groups is 1. The van der Waals surface area contributed by atoms with E-state index in [9.17, 15) is 4.79 Å². The molecule has 4 nitrogen and oxygen atoms in total. The van der Waals surface area contributed by atoms with Crippen molar-refractivity contribution in [2.24, 2.45) is 0 Å². The highest BCUT2D eigenvalue weighted by molar-refractivity contribution is 5.66. The number of aromatic nitrogens is 2. The predicted octanol–water partition coefficient (Wildman–Crippen LogP) is 0.735.